The highest BCUT2D eigenvalue weighted by Crippen LogP contribution is 2.67. The summed E-state index contributed by atoms with van der Waals surface area (Å²) in [5.41, 5.74) is 2.44. The van der Waals surface area contributed by atoms with Crippen LogP contribution in [0.2, 0.25) is 0 Å². The zero-order chi connectivity index (χ0) is 16.6. The molecule has 128 valence electrons. The van der Waals surface area contributed by atoms with Gasteiger partial charge in [-0.05, 0) is 93.0 Å². The Labute approximate surface area is 140 Å². The van der Waals surface area contributed by atoms with Crippen LogP contribution in [0, 0.1) is 28.6 Å². The second kappa shape index (κ2) is 4.71. The van der Waals surface area contributed by atoms with Crippen LogP contribution in [0.25, 0.3) is 0 Å². The summed E-state index contributed by atoms with van der Waals surface area (Å²) in [6, 6.07) is 0. The highest BCUT2D eigenvalue weighted by Gasteiger charge is 2.62. The van der Waals surface area contributed by atoms with Gasteiger partial charge in [0.15, 0.2) is 5.78 Å². The topological polar surface area (TPSA) is 37.3 Å². The van der Waals surface area contributed by atoms with Crippen molar-refractivity contribution in [1.29, 1.82) is 0 Å². The summed E-state index contributed by atoms with van der Waals surface area (Å²) in [6.45, 7) is 8.95. The lowest BCUT2D eigenvalue weighted by Gasteiger charge is -2.59. The number of fused-ring (bicyclic) bond motifs is 5. The van der Waals surface area contributed by atoms with Crippen molar-refractivity contribution >= 4 is 5.78 Å². The molecule has 0 heterocycles. The van der Waals surface area contributed by atoms with E-state index in [1.165, 1.54) is 24.8 Å². The van der Waals surface area contributed by atoms with E-state index in [9.17, 15) is 9.90 Å². The predicted molar refractivity (Wildman–Crippen MR) is 92.0 cm³/mol. The van der Waals surface area contributed by atoms with E-state index in [-0.39, 0.29) is 10.8 Å². The molecule has 4 aliphatic rings. The van der Waals surface area contributed by atoms with Gasteiger partial charge in [-0.2, -0.15) is 0 Å². The normalized spacial score (nSPS) is 52.9. The second-order valence-corrected chi connectivity index (χ2v) is 9.63. The largest absolute Gasteiger partial charge is 0.390 e. The molecule has 1 N–H and O–H groups in total. The number of hydrogen-bond acceptors (Lipinski definition) is 2. The first-order valence-electron chi connectivity index (χ1n) is 9.66. The van der Waals surface area contributed by atoms with Crippen LogP contribution >= 0.6 is 0 Å². The summed E-state index contributed by atoms with van der Waals surface area (Å²) >= 11 is 0. The minimum absolute atomic E-state index is 0.102. The van der Waals surface area contributed by atoms with Crippen LogP contribution in [0.3, 0.4) is 0 Å². The molecule has 6 atom stereocenters. The zero-order valence-electron chi connectivity index (χ0n) is 15.2. The molecule has 0 aromatic carbocycles. The SMILES string of the molecule is CC1=C2CCC3C(CCC4(C)[C@H]3CC[C@]4(C)O)[C@@]2(C)CCC1=O. The van der Waals surface area contributed by atoms with E-state index in [1.807, 2.05) is 0 Å². The number of allylic oxidation sites excluding steroid dienone is 1. The van der Waals surface area contributed by atoms with Crippen molar-refractivity contribution in [3.8, 4) is 0 Å². The smallest absolute Gasteiger partial charge is 0.158 e. The highest BCUT2D eigenvalue weighted by atomic mass is 16.3. The second-order valence-electron chi connectivity index (χ2n) is 9.63. The predicted octanol–water partition coefficient (Wildman–Crippen LogP) is 4.66. The van der Waals surface area contributed by atoms with E-state index in [1.54, 1.807) is 0 Å². The molecular formula is C21H32O2. The van der Waals surface area contributed by atoms with E-state index in [0.29, 0.717) is 11.7 Å². The summed E-state index contributed by atoms with van der Waals surface area (Å²) in [4.78, 5) is 12.2. The molecule has 3 unspecified atom stereocenters. The number of carbonyl (C=O) groups is 1. The maximum absolute atomic E-state index is 12.2. The van der Waals surface area contributed by atoms with E-state index >= 15 is 0 Å². The summed E-state index contributed by atoms with van der Waals surface area (Å²) in [6.07, 6.45) is 8.69. The average molecular weight is 316 g/mol. The molecule has 0 amide bonds. The maximum Gasteiger partial charge on any atom is 0.158 e. The maximum atomic E-state index is 12.2. The van der Waals surface area contributed by atoms with Crippen LogP contribution in [0.4, 0.5) is 0 Å². The van der Waals surface area contributed by atoms with Gasteiger partial charge in [0.2, 0.25) is 0 Å². The molecule has 4 rings (SSSR count). The van der Waals surface area contributed by atoms with Crippen molar-refractivity contribution in [1.82, 2.24) is 0 Å². The Balaban J connectivity index is 1.72. The van der Waals surface area contributed by atoms with Gasteiger partial charge in [0, 0.05) is 6.42 Å². The molecule has 0 saturated heterocycles. The lowest BCUT2D eigenvalue weighted by Crippen LogP contribution is -2.54. The average Bonchev–Trinajstić information content (AvgIpc) is 2.74. The third kappa shape index (κ3) is 1.88. The molecule has 2 nitrogen and oxygen atoms in total. The number of hydrogen-bond donors (Lipinski definition) is 1. The molecule has 2 heteroatoms. The molecule has 23 heavy (non-hydrogen) atoms. The molecule has 0 bridgehead atoms. The Kier molecular flexibility index (Phi) is 3.25. The first-order valence-corrected chi connectivity index (χ1v) is 9.66. The first-order chi connectivity index (χ1) is 10.7. The quantitative estimate of drug-likeness (QED) is 0.706. The van der Waals surface area contributed by atoms with Gasteiger partial charge >= 0.3 is 0 Å². The van der Waals surface area contributed by atoms with Gasteiger partial charge in [-0.15, -0.1) is 0 Å². The van der Waals surface area contributed by atoms with Crippen LogP contribution in [-0.2, 0) is 4.79 Å². The van der Waals surface area contributed by atoms with Crippen molar-refractivity contribution in [2.75, 3.05) is 0 Å². The lowest BCUT2D eigenvalue weighted by atomic mass is 9.46. The Morgan fingerprint density at radius 1 is 0.957 bits per heavy atom. The van der Waals surface area contributed by atoms with Crippen LogP contribution in [0.5, 0.6) is 0 Å². The fraction of sp³-hybridized carbons (Fsp3) is 0.857. The monoisotopic (exact) mass is 316 g/mol. The van der Waals surface area contributed by atoms with Crippen molar-refractivity contribution in [2.24, 2.45) is 28.6 Å². The van der Waals surface area contributed by atoms with Gasteiger partial charge in [-0.1, -0.05) is 19.4 Å². The Hall–Kier alpha value is -0.630. The zero-order valence-corrected chi connectivity index (χ0v) is 15.2. The first kappa shape index (κ1) is 15.9. The molecule has 0 aliphatic heterocycles. The van der Waals surface area contributed by atoms with Gasteiger partial charge in [0.1, 0.15) is 0 Å². The third-order valence-electron chi connectivity index (χ3n) is 8.98. The number of ketones is 1. The number of carbonyl (C=O) groups excluding carboxylic acids is 1. The number of Topliss-reactive ketones (excluding diaryl/α,β-unsaturated/α-hetero) is 1. The van der Waals surface area contributed by atoms with Crippen LogP contribution < -0.4 is 0 Å². The lowest BCUT2D eigenvalue weighted by molar-refractivity contribution is -0.125. The van der Waals surface area contributed by atoms with Gasteiger partial charge in [0.05, 0.1) is 5.60 Å². The van der Waals surface area contributed by atoms with Crippen LogP contribution in [-0.4, -0.2) is 16.5 Å². The molecule has 0 aromatic rings. The number of aliphatic hydroxyl groups is 1. The summed E-state index contributed by atoms with van der Waals surface area (Å²) in [7, 11) is 0. The van der Waals surface area contributed by atoms with Gasteiger partial charge in [-0.25, -0.2) is 0 Å². The Morgan fingerprint density at radius 2 is 1.65 bits per heavy atom. The van der Waals surface area contributed by atoms with Crippen LogP contribution in [0.15, 0.2) is 11.1 Å². The summed E-state index contributed by atoms with van der Waals surface area (Å²) < 4.78 is 0. The van der Waals surface area contributed by atoms with Crippen molar-refractivity contribution in [3.63, 3.8) is 0 Å². The molecular weight excluding hydrogens is 284 g/mol. The van der Waals surface area contributed by atoms with Gasteiger partial charge in [-0.3, -0.25) is 4.79 Å². The number of rotatable bonds is 0. The third-order valence-corrected chi connectivity index (χ3v) is 8.98. The molecule has 0 spiro atoms. The summed E-state index contributed by atoms with van der Waals surface area (Å²) in [5.74, 6) is 2.53. The van der Waals surface area contributed by atoms with Crippen LogP contribution in [0.1, 0.15) is 79.1 Å². The van der Waals surface area contributed by atoms with Crippen molar-refractivity contribution in [2.45, 2.75) is 84.7 Å². The van der Waals surface area contributed by atoms with E-state index in [2.05, 4.69) is 27.7 Å². The fourth-order valence-corrected chi connectivity index (χ4v) is 7.23. The molecule has 0 radical (unpaired) electrons. The molecule has 3 saturated carbocycles. The molecule has 0 aromatic heterocycles. The summed E-state index contributed by atoms with van der Waals surface area (Å²) in [5, 5.41) is 11.0. The van der Waals surface area contributed by atoms with E-state index < -0.39 is 5.60 Å². The fourth-order valence-electron chi connectivity index (χ4n) is 7.23. The molecule has 4 aliphatic carbocycles. The van der Waals surface area contributed by atoms with Crippen molar-refractivity contribution < 1.29 is 9.90 Å². The highest BCUT2D eigenvalue weighted by molar-refractivity contribution is 5.96. The van der Waals surface area contributed by atoms with E-state index in [0.717, 1.165) is 49.5 Å². The van der Waals surface area contributed by atoms with E-state index in [4.69, 9.17) is 0 Å². The Morgan fingerprint density at radius 3 is 2.39 bits per heavy atom. The minimum Gasteiger partial charge on any atom is -0.390 e. The van der Waals surface area contributed by atoms with Gasteiger partial charge < -0.3 is 5.11 Å². The minimum atomic E-state index is -0.488. The Bertz CT molecular complexity index is 587. The van der Waals surface area contributed by atoms with Crippen molar-refractivity contribution in [3.05, 3.63) is 11.1 Å². The van der Waals surface area contributed by atoms with Gasteiger partial charge in [0.25, 0.3) is 0 Å². The molecule has 3 fully saturated rings. The standard InChI is InChI=1S/C21H32O2/c1-13-15-6-5-14-16(19(15,2)10-9-18(13)22)7-11-20(3)17(14)8-12-21(20,4)23/h14,16-17,23H,5-12H2,1-4H3/t14?,16?,17-,19-,20?,21-/m0/s1.